The third kappa shape index (κ3) is 3.01. The van der Waals surface area contributed by atoms with Gasteiger partial charge < -0.3 is 4.74 Å². The Kier molecular flexibility index (Phi) is 4.64. The van der Waals surface area contributed by atoms with Crippen LogP contribution in [0.25, 0.3) is 0 Å². The summed E-state index contributed by atoms with van der Waals surface area (Å²) in [6.45, 7) is 5.76. The maximum absolute atomic E-state index is 12.3. The minimum atomic E-state index is -0.289. The van der Waals surface area contributed by atoms with E-state index in [2.05, 4.69) is 13.0 Å². The average molecular weight is 370 g/mol. The molecule has 4 rings (SSSR count). The van der Waals surface area contributed by atoms with E-state index >= 15 is 0 Å². The zero-order chi connectivity index (χ0) is 19.3. The molecule has 0 unspecified atom stereocenters. The van der Waals surface area contributed by atoms with Crippen molar-refractivity contribution in [2.45, 2.75) is 59.3 Å². The first-order chi connectivity index (χ1) is 12.8. The second-order valence-electron chi connectivity index (χ2n) is 9.32. The molecule has 4 heteroatoms. The number of carbonyl (C=O) groups is 3. The molecule has 0 N–H and O–H groups in total. The van der Waals surface area contributed by atoms with Gasteiger partial charge in [-0.15, -0.1) is 0 Å². The predicted molar refractivity (Wildman–Crippen MR) is 102 cm³/mol. The van der Waals surface area contributed by atoms with E-state index in [0.717, 1.165) is 43.3 Å². The number of hydrogen-bond donors (Lipinski definition) is 0. The molecule has 4 aliphatic rings. The largest absolute Gasteiger partial charge is 0.461 e. The Bertz CT molecular complexity index is 745. The number of ether oxygens (including phenoxy) is 1. The summed E-state index contributed by atoms with van der Waals surface area (Å²) >= 11 is 0. The van der Waals surface area contributed by atoms with E-state index in [1.54, 1.807) is 13.0 Å². The van der Waals surface area contributed by atoms with Crippen LogP contribution in [-0.2, 0) is 19.1 Å². The lowest BCUT2D eigenvalue weighted by Crippen LogP contribution is -2.46. The Morgan fingerprint density at radius 2 is 1.96 bits per heavy atom. The second-order valence-corrected chi connectivity index (χ2v) is 9.32. The van der Waals surface area contributed by atoms with Gasteiger partial charge in [0.05, 0.1) is 0 Å². The van der Waals surface area contributed by atoms with Crippen molar-refractivity contribution in [1.29, 1.82) is 0 Å². The number of carbonyl (C=O) groups excluding carboxylic acids is 3. The van der Waals surface area contributed by atoms with Gasteiger partial charge in [0.15, 0.2) is 5.78 Å². The molecule has 2 fully saturated rings. The minimum absolute atomic E-state index is 0.0851. The summed E-state index contributed by atoms with van der Waals surface area (Å²) in [5, 5.41) is 0. The highest BCUT2D eigenvalue weighted by atomic mass is 16.5. The highest BCUT2D eigenvalue weighted by Crippen LogP contribution is 2.63. The van der Waals surface area contributed by atoms with E-state index in [0.29, 0.717) is 35.9 Å². The maximum atomic E-state index is 12.3. The number of esters is 1. The summed E-state index contributed by atoms with van der Waals surface area (Å²) in [7, 11) is 0. The van der Waals surface area contributed by atoms with Crippen LogP contribution in [0.2, 0.25) is 0 Å². The predicted octanol–water partition coefficient (Wildman–Crippen LogP) is 4.04. The Labute approximate surface area is 161 Å². The van der Waals surface area contributed by atoms with Crippen molar-refractivity contribution in [3.05, 3.63) is 23.3 Å². The lowest BCUT2D eigenvalue weighted by atomic mass is 9.52. The molecule has 0 spiro atoms. The van der Waals surface area contributed by atoms with Gasteiger partial charge in [-0.2, -0.15) is 0 Å². The fourth-order valence-electron chi connectivity index (χ4n) is 6.82. The fourth-order valence-corrected chi connectivity index (χ4v) is 6.82. The van der Waals surface area contributed by atoms with E-state index in [9.17, 15) is 14.4 Å². The topological polar surface area (TPSA) is 60.4 Å². The van der Waals surface area contributed by atoms with Crippen LogP contribution in [0.3, 0.4) is 0 Å². The number of hydrogen-bond acceptors (Lipinski definition) is 4. The van der Waals surface area contributed by atoms with Crippen LogP contribution in [-0.4, -0.2) is 24.1 Å². The maximum Gasteiger partial charge on any atom is 0.302 e. The van der Waals surface area contributed by atoms with Crippen molar-refractivity contribution < 1.29 is 19.1 Å². The zero-order valence-electron chi connectivity index (χ0n) is 16.6. The third-order valence-electron chi connectivity index (χ3n) is 8.01. The van der Waals surface area contributed by atoms with Crippen molar-refractivity contribution in [1.82, 2.24) is 0 Å². The first-order valence-corrected chi connectivity index (χ1v) is 10.4. The molecule has 0 bridgehead atoms. The van der Waals surface area contributed by atoms with Gasteiger partial charge in [0.25, 0.3) is 0 Å². The molecule has 0 aromatic rings. The lowest BCUT2D eigenvalue weighted by molar-refractivity contribution is -0.140. The molecule has 0 heterocycles. The van der Waals surface area contributed by atoms with Gasteiger partial charge in [0.1, 0.15) is 12.4 Å². The molecule has 0 aromatic carbocycles. The van der Waals surface area contributed by atoms with Crippen LogP contribution >= 0.6 is 0 Å². The molecular formula is C23H30O4. The average Bonchev–Trinajstić information content (AvgIpc) is 2.97. The van der Waals surface area contributed by atoms with Crippen LogP contribution in [0.4, 0.5) is 0 Å². The molecule has 4 nitrogen and oxygen atoms in total. The Balaban J connectivity index is 1.72. The first kappa shape index (κ1) is 18.6. The summed E-state index contributed by atoms with van der Waals surface area (Å²) in [4.78, 5) is 35.7. The summed E-state index contributed by atoms with van der Waals surface area (Å²) in [6.07, 6.45) is 9.96. The summed E-state index contributed by atoms with van der Waals surface area (Å²) in [5.41, 5.74) is 2.22. The number of fused-ring (bicyclic) bond motifs is 5. The van der Waals surface area contributed by atoms with Crippen molar-refractivity contribution in [3.63, 3.8) is 0 Å². The van der Waals surface area contributed by atoms with Crippen LogP contribution in [0, 0.1) is 35.0 Å². The van der Waals surface area contributed by atoms with Gasteiger partial charge in [0, 0.05) is 19.3 Å². The molecule has 2 saturated carbocycles. The fraction of sp³-hybridized carbons (Fsp3) is 0.696. The van der Waals surface area contributed by atoms with Crippen LogP contribution < -0.4 is 0 Å². The van der Waals surface area contributed by atoms with E-state index < -0.39 is 0 Å². The smallest absolute Gasteiger partial charge is 0.302 e. The highest BCUT2D eigenvalue weighted by Gasteiger charge is 2.57. The highest BCUT2D eigenvalue weighted by molar-refractivity contribution is 5.92. The van der Waals surface area contributed by atoms with Crippen LogP contribution in [0.15, 0.2) is 23.3 Å². The molecule has 27 heavy (non-hydrogen) atoms. The van der Waals surface area contributed by atoms with Gasteiger partial charge in [-0.05, 0) is 85.3 Å². The first-order valence-electron chi connectivity index (χ1n) is 10.4. The molecule has 0 aliphatic heterocycles. The molecule has 4 aliphatic carbocycles. The van der Waals surface area contributed by atoms with Crippen molar-refractivity contribution in [2.75, 3.05) is 6.61 Å². The van der Waals surface area contributed by atoms with Crippen molar-refractivity contribution in [2.24, 2.45) is 35.0 Å². The molecule has 0 aromatic heterocycles. The third-order valence-corrected chi connectivity index (χ3v) is 8.01. The quantitative estimate of drug-likeness (QED) is 0.704. The Hall–Kier alpha value is -1.71. The number of rotatable bonds is 3. The molecule has 0 saturated heterocycles. The number of Topliss-reactive ketones (excluding diaryl/α,β-unsaturated/α-hetero) is 1. The normalized spacial score (nSPS) is 40.3. The monoisotopic (exact) mass is 370 g/mol. The molecule has 0 radical (unpaired) electrons. The standard InChI is InChI=1S/C23H30O4/c1-13(24)21-6-7-22-20-10-15(12-27-14(2)25)19-11-16(26)4-5-17(19)18(20)8-9-23(21,22)3/h10-11,17-18,20-22H,4-9,12H2,1-3H3/t17-,18-,20-,21-,22+,23-/m1/s1. The molecular weight excluding hydrogens is 340 g/mol. The number of ketones is 2. The van der Waals surface area contributed by atoms with Gasteiger partial charge in [-0.3, -0.25) is 14.4 Å². The second kappa shape index (κ2) is 6.72. The Morgan fingerprint density at radius 1 is 1.19 bits per heavy atom. The van der Waals surface area contributed by atoms with E-state index in [-0.39, 0.29) is 29.7 Å². The summed E-state index contributed by atoms with van der Waals surface area (Å²) in [6, 6.07) is 0. The van der Waals surface area contributed by atoms with Crippen molar-refractivity contribution in [3.8, 4) is 0 Å². The zero-order valence-corrected chi connectivity index (χ0v) is 16.6. The van der Waals surface area contributed by atoms with Gasteiger partial charge in [-0.1, -0.05) is 13.0 Å². The minimum Gasteiger partial charge on any atom is -0.461 e. The lowest BCUT2D eigenvalue weighted by Gasteiger charge is -2.52. The Morgan fingerprint density at radius 3 is 2.67 bits per heavy atom. The summed E-state index contributed by atoms with van der Waals surface area (Å²) in [5.74, 6) is 2.29. The van der Waals surface area contributed by atoms with E-state index in [1.807, 2.05) is 0 Å². The van der Waals surface area contributed by atoms with E-state index in [4.69, 9.17) is 4.74 Å². The SMILES string of the molecule is CC(=O)OCC1=C[C@@H]2[C@H](CC[C@]3(C)[C@@H](C(C)=O)CC[C@@H]23)[C@H]2CCC(=O)C=C12. The van der Waals surface area contributed by atoms with Crippen LogP contribution in [0.1, 0.15) is 59.3 Å². The van der Waals surface area contributed by atoms with Gasteiger partial charge in [0.2, 0.25) is 0 Å². The molecule has 0 amide bonds. The van der Waals surface area contributed by atoms with Crippen molar-refractivity contribution >= 4 is 17.5 Å². The van der Waals surface area contributed by atoms with Gasteiger partial charge in [-0.25, -0.2) is 0 Å². The number of allylic oxidation sites excluding steroid dienone is 2. The van der Waals surface area contributed by atoms with Crippen LogP contribution in [0.5, 0.6) is 0 Å². The molecule has 6 atom stereocenters. The molecule has 146 valence electrons. The van der Waals surface area contributed by atoms with Gasteiger partial charge >= 0.3 is 5.97 Å². The van der Waals surface area contributed by atoms with E-state index in [1.165, 1.54) is 6.92 Å². The summed E-state index contributed by atoms with van der Waals surface area (Å²) < 4.78 is 5.33.